The SMILES string of the molecule is CN(Cc1ccc(O)cc1)S(=O)(=O)CCc1ccccn1. The fourth-order valence-corrected chi connectivity index (χ4v) is 3.02. The van der Waals surface area contributed by atoms with Gasteiger partial charge in [0.2, 0.25) is 10.0 Å². The maximum atomic E-state index is 12.2. The van der Waals surface area contributed by atoms with Crippen LogP contribution in [0.1, 0.15) is 11.3 Å². The van der Waals surface area contributed by atoms with Crippen LogP contribution in [0.4, 0.5) is 0 Å². The van der Waals surface area contributed by atoms with E-state index in [1.165, 1.54) is 4.31 Å². The first-order valence-electron chi connectivity index (χ1n) is 6.59. The van der Waals surface area contributed by atoms with Gasteiger partial charge in [-0.05, 0) is 29.8 Å². The second-order valence-electron chi connectivity index (χ2n) is 4.81. The van der Waals surface area contributed by atoms with Gasteiger partial charge in [-0.3, -0.25) is 4.98 Å². The van der Waals surface area contributed by atoms with Crippen molar-refractivity contribution in [1.29, 1.82) is 0 Å². The average Bonchev–Trinajstić information content (AvgIpc) is 2.48. The van der Waals surface area contributed by atoms with Gasteiger partial charge in [0.15, 0.2) is 0 Å². The molecule has 6 heteroatoms. The third-order valence-corrected chi connectivity index (χ3v) is 4.96. The summed E-state index contributed by atoms with van der Waals surface area (Å²) in [5.74, 6) is 0.193. The number of aryl methyl sites for hydroxylation is 1. The molecule has 0 bridgehead atoms. The van der Waals surface area contributed by atoms with Crippen molar-refractivity contribution >= 4 is 10.0 Å². The van der Waals surface area contributed by atoms with E-state index in [9.17, 15) is 13.5 Å². The summed E-state index contributed by atoms with van der Waals surface area (Å²) >= 11 is 0. The molecule has 5 nitrogen and oxygen atoms in total. The Morgan fingerprint density at radius 1 is 1.14 bits per heavy atom. The van der Waals surface area contributed by atoms with Crippen LogP contribution >= 0.6 is 0 Å². The second-order valence-corrected chi connectivity index (χ2v) is 7.00. The number of aromatic nitrogens is 1. The molecule has 2 aromatic rings. The van der Waals surface area contributed by atoms with E-state index < -0.39 is 10.0 Å². The van der Waals surface area contributed by atoms with Crippen LogP contribution in [-0.2, 0) is 23.0 Å². The van der Waals surface area contributed by atoms with E-state index in [1.807, 2.05) is 12.1 Å². The van der Waals surface area contributed by atoms with Crippen molar-refractivity contribution in [3.8, 4) is 5.75 Å². The Balaban J connectivity index is 1.96. The lowest BCUT2D eigenvalue weighted by Crippen LogP contribution is -2.29. The van der Waals surface area contributed by atoms with E-state index in [0.29, 0.717) is 6.42 Å². The van der Waals surface area contributed by atoms with Crippen LogP contribution in [0, 0.1) is 0 Å². The number of rotatable bonds is 6. The van der Waals surface area contributed by atoms with E-state index in [4.69, 9.17) is 0 Å². The van der Waals surface area contributed by atoms with Gasteiger partial charge in [0, 0.05) is 31.9 Å². The van der Waals surface area contributed by atoms with Gasteiger partial charge >= 0.3 is 0 Å². The zero-order valence-electron chi connectivity index (χ0n) is 11.8. The third-order valence-electron chi connectivity index (χ3n) is 3.16. The van der Waals surface area contributed by atoms with Crippen molar-refractivity contribution in [3.05, 3.63) is 59.9 Å². The Labute approximate surface area is 124 Å². The normalized spacial score (nSPS) is 11.7. The molecule has 0 radical (unpaired) electrons. The van der Waals surface area contributed by atoms with E-state index in [2.05, 4.69) is 4.98 Å². The predicted octanol–water partition coefficient (Wildman–Crippen LogP) is 1.79. The Hall–Kier alpha value is -1.92. The molecule has 0 unspecified atom stereocenters. The molecule has 1 aromatic carbocycles. The van der Waals surface area contributed by atoms with E-state index in [1.54, 1.807) is 43.6 Å². The summed E-state index contributed by atoms with van der Waals surface area (Å²) in [5.41, 5.74) is 1.59. The highest BCUT2D eigenvalue weighted by Gasteiger charge is 2.18. The molecule has 0 atom stereocenters. The molecule has 1 aromatic heterocycles. The fraction of sp³-hybridized carbons (Fsp3) is 0.267. The zero-order chi connectivity index (χ0) is 15.3. The number of hydrogen-bond donors (Lipinski definition) is 1. The van der Waals surface area contributed by atoms with Crippen LogP contribution in [0.15, 0.2) is 48.7 Å². The first kappa shape index (κ1) is 15.5. The minimum atomic E-state index is -3.34. The molecule has 0 aliphatic heterocycles. The smallest absolute Gasteiger partial charge is 0.214 e. The number of hydrogen-bond acceptors (Lipinski definition) is 4. The Kier molecular flexibility index (Phi) is 4.93. The van der Waals surface area contributed by atoms with Gasteiger partial charge in [-0.25, -0.2) is 12.7 Å². The summed E-state index contributed by atoms with van der Waals surface area (Å²) in [7, 11) is -1.78. The van der Waals surface area contributed by atoms with Crippen molar-refractivity contribution in [2.75, 3.05) is 12.8 Å². The van der Waals surface area contributed by atoms with Gasteiger partial charge in [0.05, 0.1) is 5.75 Å². The summed E-state index contributed by atoms with van der Waals surface area (Å²) in [5, 5.41) is 9.22. The molecule has 21 heavy (non-hydrogen) atoms. The maximum absolute atomic E-state index is 12.2. The standard InChI is InChI=1S/C15H18N2O3S/c1-17(12-13-5-7-15(18)8-6-13)21(19,20)11-9-14-4-2-3-10-16-14/h2-8,10,18H,9,11-12H2,1H3. The lowest BCUT2D eigenvalue weighted by atomic mass is 10.2. The maximum Gasteiger partial charge on any atom is 0.214 e. The molecule has 0 spiro atoms. The number of sulfonamides is 1. The largest absolute Gasteiger partial charge is 0.508 e. The Morgan fingerprint density at radius 2 is 1.86 bits per heavy atom. The molecule has 112 valence electrons. The Bertz CT molecular complexity index is 670. The second kappa shape index (κ2) is 6.69. The van der Waals surface area contributed by atoms with Crippen molar-refractivity contribution in [2.45, 2.75) is 13.0 Å². The van der Waals surface area contributed by atoms with Gasteiger partial charge in [0.25, 0.3) is 0 Å². The summed E-state index contributed by atoms with van der Waals surface area (Å²) in [6.07, 6.45) is 2.05. The van der Waals surface area contributed by atoms with Crippen LogP contribution in [0.3, 0.4) is 0 Å². The number of benzene rings is 1. The summed E-state index contributed by atoms with van der Waals surface area (Å²) in [6, 6.07) is 12.0. The minimum Gasteiger partial charge on any atom is -0.508 e. The zero-order valence-corrected chi connectivity index (χ0v) is 12.6. The number of phenols is 1. The average molecular weight is 306 g/mol. The molecule has 0 saturated carbocycles. The van der Waals surface area contributed by atoms with Gasteiger partial charge < -0.3 is 5.11 Å². The number of nitrogens with zero attached hydrogens (tertiary/aromatic N) is 2. The molecule has 0 amide bonds. The number of pyridine rings is 1. The summed E-state index contributed by atoms with van der Waals surface area (Å²) in [6.45, 7) is 0.283. The highest BCUT2D eigenvalue weighted by molar-refractivity contribution is 7.89. The molecular formula is C15H18N2O3S. The van der Waals surface area contributed by atoms with Gasteiger partial charge in [0.1, 0.15) is 5.75 Å². The van der Waals surface area contributed by atoms with Gasteiger partial charge in [-0.1, -0.05) is 18.2 Å². The molecule has 0 saturated heterocycles. The predicted molar refractivity (Wildman–Crippen MR) is 81.3 cm³/mol. The number of aromatic hydroxyl groups is 1. The molecule has 0 fully saturated rings. The van der Waals surface area contributed by atoms with Gasteiger partial charge in [-0.15, -0.1) is 0 Å². The highest BCUT2D eigenvalue weighted by Crippen LogP contribution is 2.13. The van der Waals surface area contributed by atoms with Gasteiger partial charge in [-0.2, -0.15) is 0 Å². The van der Waals surface area contributed by atoms with Crippen molar-refractivity contribution in [3.63, 3.8) is 0 Å². The van der Waals surface area contributed by atoms with Crippen molar-refractivity contribution < 1.29 is 13.5 Å². The van der Waals surface area contributed by atoms with Crippen molar-refractivity contribution in [2.24, 2.45) is 0 Å². The molecule has 1 heterocycles. The molecule has 0 aliphatic carbocycles. The quantitative estimate of drug-likeness (QED) is 0.883. The van der Waals surface area contributed by atoms with E-state index in [-0.39, 0.29) is 18.0 Å². The minimum absolute atomic E-state index is 0.0264. The molecule has 2 rings (SSSR count). The fourth-order valence-electron chi connectivity index (χ4n) is 1.89. The van der Waals surface area contributed by atoms with Crippen LogP contribution < -0.4 is 0 Å². The third kappa shape index (κ3) is 4.54. The van der Waals surface area contributed by atoms with Crippen LogP contribution in [0.25, 0.3) is 0 Å². The van der Waals surface area contributed by atoms with Crippen LogP contribution in [0.2, 0.25) is 0 Å². The summed E-state index contributed by atoms with van der Waals surface area (Å²) < 4.78 is 25.8. The lowest BCUT2D eigenvalue weighted by Gasteiger charge is -2.17. The summed E-state index contributed by atoms with van der Waals surface area (Å²) in [4.78, 5) is 4.12. The van der Waals surface area contributed by atoms with E-state index >= 15 is 0 Å². The Morgan fingerprint density at radius 3 is 2.48 bits per heavy atom. The monoisotopic (exact) mass is 306 g/mol. The lowest BCUT2D eigenvalue weighted by molar-refractivity contribution is 0.463. The molecule has 1 N–H and O–H groups in total. The van der Waals surface area contributed by atoms with Crippen LogP contribution in [0.5, 0.6) is 5.75 Å². The first-order chi connectivity index (χ1) is 9.97. The molecule has 0 aliphatic rings. The van der Waals surface area contributed by atoms with Crippen LogP contribution in [-0.4, -0.2) is 35.6 Å². The highest BCUT2D eigenvalue weighted by atomic mass is 32.2. The van der Waals surface area contributed by atoms with E-state index in [0.717, 1.165) is 11.3 Å². The molecular weight excluding hydrogens is 288 g/mol. The topological polar surface area (TPSA) is 70.5 Å². The van der Waals surface area contributed by atoms with Crippen molar-refractivity contribution in [1.82, 2.24) is 9.29 Å². The number of phenolic OH excluding ortho intramolecular Hbond substituents is 1. The first-order valence-corrected chi connectivity index (χ1v) is 8.20.